The molecule has 0 aliphatic carbocycles. The Kier molecular flexibility index (Phi) is 3.08. The molecule has 1 unspecified atom stereocenters. The molecule has 0 radical (unpaired) electrons. The Morgan fingerprint density at radius 3 is 3.22 bits per heavy atom. The molecule has 0 bridgehead atoms. The highest BCUT2D eigenvalue weighted by atomic mass is 32.1. The molecule has 3 aromatic heterocycles. The summed E-state index contributed by atoms with van der Waals surface area (Å²) in [6.07, 6.45) is 5.68. The van der Waals surface area contributed by atoms with Crippen LogP contribution in [0.25, 0.3) is 10.2 Å². The first-order valence-corrected chi connectivity index (χ1v) is 6.75. The summed E-state index contributed by atoms with van der Waals surface area (Å²) in [5.74, 6) is 0. The number of hydrogen-bond donors (Lipinski definition) is 2. The number of aromatic amines is 1. The van der Waals surface area contributed by atoms with Crippen LogP contribution in [0.5, 0.6) is 0 Å². The van der Waals surface area contributed by atoms with Crippen LogP contribution < -0.4 is 5.32 Å². The van der Waals surface area contributed by atoms with Gasteiger partial charge in [0.1, 0.15) is 0 Å². The van der Waals surface area contributed by atoms with Crippen LogP contribution in [0.3, 0.4) is 0 Å². The lowest BCUT2D eigenvalue weighted by Crippen LogP contribution is -2.17. The van der Waals surface area contributed by atoms with Crippen LogP contribution in [-0.4, -0.2) is 15.2 Å². The first kappa shape index (κ1) is 11.4. The van der Waals surface area contributed by atoms with Crippen LogP contribution in [-0.2, 0) is 6.54 Å². The van der Waals surface area contributed by atoms with E-state index in [2.05, 4.69) is 38.9 Å². The number of hydrogen-bond acceptors (Lipinski definition) is 4. The minimum Gasteiger partial charge on any atom is -0.306 e. The van der Waals surface area contributed by atoms with Crippen molar-refractivity contribution in [3.05, 3.63) is 47.2 Å². The molecule has 3 aromatic rings. The van der Waals surface area contributed by atoms with Crippen LogP contribution in [0, 0.1) is 0 Å². The van der Waals surface area contributed by atoms with Gasteiger partial charge in [0.05, 0.1) is 16.4 Å². The van der Waals surface area contributed by atoms with E-state index in [9.17, 15) is 0 Å². The zero-order valence-corrected chi connectivity index (χ0v) is 10.9. The largest absolute Gasteiger partial charge is 0.306 e. The second kappa shape index (κ2) is 4.88. The Morgan fingerprint density at radius 1 is 1.44 bits per heavy atom. The van der Waals surface area contributed by atoms with Crippen molar-refractivity contribution in [3.63, 3.8) is 0 Å². The third-order valence-electron chi connectivity index (χ3n) is 2.99. The number of nitrogens with zero attached hydrogens (tertiary/aromatic N) is 2. The van der Waals surface area contributed by atoms with E-state index in [4.69, 9.17) is 0 Å². The van der Waals surface area contributed by atoms with E-state index in [1.54, 1.807) is 11.3 Å². The number of H-pyrrole nitrogens is 1. The zero-order valence-electron chi connectivity index (χ0n) is 10.1. The molecule has 1 atom stereocenters. The predicted octanol–water partition coefficient (Wildman–Crippen LogP) is 2.87. The Hall–Kier alpha value is -1.72. The third kappa shape index (κ3) is 2.27. The molecule has 0 fully saturated rings. The van der Waals surface area contributed by atoms with E-state index in [0.717, 1.165) is 17.6 Å². The maximum Gasteiger partial charge on any atom is 0.0809 e. The monoisotopic (exact) mass is 258 g/mol. The van der Waals surface area contributed by atoms with E-state index in [0.29, 0.717) is 0 Å². The van der Waals surface area contributed by atoms with Gasteiger partial charge in [0.2, 0.25) is 0 Å². The number of rotatable bonds is 4. The van der Waals surface area contributed by atoms with E-state index in [1.165, 1.54) is 10.3 Å². The second-order valence-electron chi connectivity index (χ2n) is 4.28. The lowest BCUT2D eigenvalue weighted by Gasteiger charge is -2.13. The van der Waals surface area contributed by atoms with Crippen LogP contribution in [0.1, 0.15) is 24.1 Å². The lowest BCUT2D eigenvalue weighted by atomic mass is 10.1. The molecule has 0 saturated heterocycles. The summed E-state index contributed by atoms with van der Waals surface area (Å²) in [6, 6.07) is 4.53. The molecule has 0 aromatic carbocycles. The average molecular weight is 258 g/mol. The predicted molar refractivity (Wildman–Crippen MR) is 73.5 cm³/mol. The highest BCUT2D eigenvalue weighted by Crippen LogP contribution is 2.22. The fourth-order valence-corrected chi connectivity index (χ4v) is 2.65. The number of fused-ring (bicyclic) bond motifs is 1. The van der Waals surface area contributed by atoms with Gasteiger partial charge in [-0.05, 0) is 30.0 Å². The summed E-state index contributed by atoms with van der Waals surface area (Å²) in [5, 5.41) is 12.3. The number of aromatic nitrogens is 3. The van der Waals surface area contributed by atoms with Crippen LogP contribution in [0.2, 0.25) is 0 Å². The van der Waals surface area contributed by atoms with Gasteiger partial charge in [-0.25, -0.2) is 0 Å². The van der Waals surface area contributed by atoms with Crippen molar-refractivity contribution in [2.24, 2.45) is 0 Å². The summed E-state index contributed by atoms with van der Waals surface area (Å²) in [5.41, 5.74) is 3.45. The Morgan fingerprint density at radius 2 is 2.39 bits per heavy atom. The first-order chi connectivity index (χ1) is 8.83. The van der Waals surface area contributed by atoms with Gasteiger partial charge >= 0.3 is 0 Å². The van der Waals surface area contributed by atoms with Gasteiger partial charge in [-0.2, -0.15) is 5.10 Å². The van der Waals surface area contributed by atoms with Gasteiger partial charge < -0.3 is 5.32 Å². The van der Waals surface area contributed by atoms with Crippen LogP contribution in [0.15, 0.2) is 36.1 Å². The van der Waals surface area contributed by atoms with Crippen molar-refractivity contribution in [2.45, 2.75) is 19.5 Å². The first-order valence-electron chi connectivity index (χ1n) is 5.87. The molecule has 18 heavy (non-hydrogen) atoms. The highest BCUT2D eigenvalue weighted by Gasteiger charge is 2.07. The molecule has 92 valence electrons. The molecular formula is C13H14N4S. The molecule has 2 N–H and O–H groups in total. The van der Waals surface area contributed by atoms with Crippen LogP contribution >= 0.6 is 11.3 Å². The van der Waals surface area contributed by atoms with Crippen molar-refractivity contribution >= 4 is 21.6 Å². The fraction of sp³-hybridized carbons (Fsp3) is 0.231. The number of thiophene rings is 1. The molecule has 4 nitrogen and oxygen atoms in total. The maximum absolute atomic E-state index is 4.46. The van der Waals surface area contributed by atoms with Crippen molar-refractivity contribution in [1.82, 2.24) is 20.5 Å². The topological polar surface area (TPSA) is 53.6 Å². The lowest BCUT2D eigenvalue weighted by molar-refractivity contribution is 0.574. The highest BCUT2D eigenvalue weighted by molar-refractivity contribution is 7.17. The standard InChI is InChI=1S/C13H14N4S/c1-9(14-5-10-6-16-17-7-10)11-4-13-12(15-8-11)2-3-18-13/h2-4,6-9,14H,5H2,1H3,(H,16,17). The zero-order chi connectivity index (χ0) is 12.4. The summed E-state index contributed by atoms with van der Waals surface area (Å²) in [4.78, 5) is 4.46. The summed E-state index contributed by atoms with van der Waals surface area (Å²) in [7, 11) is 0. The van der Waals surface area contributed by atoms with Crippen molar-refractivity contribution in [1.29, 1.82) is 0 Å². The van der Waals surface area contributed by atoms with Gasteiger partial charge in [-0.15, -0.1) is 11.3 Å². The molecule has 5 heteroatoms. The van der Waals surface area contributed by atoms with E-state index < -0.39 is 0 Å². The summed E-state index contributed by atoms with van der Waals surface area (Å²) >= 11 is 1.73. The fourth-order valence-electron chi connectivity index (χ4n) is 1.86. The average Bonchev–Trinajstić information content (AvgIpc) is 3.05. The molecule has 3 heterocycles. The van der Waals surface area contributed by atoms with E-state index in [-0.39, 0.29) is 6.04 Å². The summed E-state index contributed by atoms with van der Waals surface area (Å²) < 4.78 is 1.24. The number of pyridine rings is 1. The van der Waals surface area contributed by atoms with Gasteiger partial charge in [-0.1, -0.05) is 0 Å². The Balaban J connectivity index is 1.72. The van der Waals surface area contributed by atoms with Crippen molar-refractivity contribution in [3.8, 4) is 0 Å². The summed E-state index contributed by atoms with van der Waals surface area (Å²) in [6.45, 7) is 2.96. The second-order valence-corrected chi connectivity index (χ2v) is 5.23. The van der Waals surface area contributed by atoms with E-state index in [1.807, 2.05) is 24.7 Å². The molecule has 0 aliphatic heterocycles. The third-order valence-corrected chi connectivity index (χ3v) is 3.84. The SMILES string of the molecule is CC(NCc1cn[nH]c1)c1cnc2ccsc2c1. The number of nitrogens with one attached hydrogen (secondary N) is 2. The molecular weight excluding hydrogens is 244 g/mol. The normalized spacial score (nSPS) is 12.9. The minimum atomic E-state index is 0.277. The van der Waals surface area contributed by atoms with Gasteiger partial charge in [0.15, 0.2) is 0 Å². The van der Waals surface area contributed by atoms with E-state index >= 15 is 0 Å². The smallest absolute Gasteiger partial charge is 0.0809 e. The van der Waals surface area contributed by atoms with Crippen molar-refractivity contribution in [2.75, 3.05) is 0 Å². The molecule has 0 aliphatic rings. The Labute approximate surface area is 109 Å². The molecule has 0 spiro atoms. The molecule has 0 amide bonds. The van der Waals surface area contributed by atoms with Crippen molar-refractivity contribution < 1.29 is 0 Å². The van der Waals surface area contributed by atoms with Gasteiger partial charge in [-0.3, -0.25) is 10.1 Å². The molecule has 3 rings (SSSR count). The molecule has 0 saturated carbocycles. The van der Waals surface area contributed by atoms with Gasteiger partial charge in [0.25, 0.3) is 0 Å². The van der Waals surface area contributed by atoms with Crippen LogP contribution in [0.4, 0.5) is 0 Å². The Bertz CT molecular complexity index is 629. The van der Waals surface area contributed by atoms with Gasteiger partial charge in [0, 0.05) is 30.5 Å². The quantitative estimate of drug-likeness (QED) is 0.756. The minimum absolute atomic E-state index is 0.277. The maximum atomic E-state index is 4.46.